The van der Waals surface area contributed by atoms with Crippen molar-refractivity contribution in [2.45, 2.75) is 19.3 Å². The molecule has 2 amide bonds. The van der Waals surface area contributed by atoms with E-state index >= 15 is 0 Å². The number of anilines is 1. The van der Waals surface area contributed by atoms with Crippen LogP contribution in [0.4, 0.5) is 5.69 Å². The molecular formula is C16H24ClN3O4. The van der Waals surface area contributed by atoms with Crippen molar-refractivity contribution < 1.29 is 19.1 Å². The van der Waals surface area contributed by atoms with Gasteiger partial charge in [0.25, 0.3) is 5.91 Å². The monoisotopic (exact) mass is 357 g/mol. The number of nitrogens with zero attached hydrogens (tertiary/aromatic N) is 1. The number of carbonyl (C=O) groups excluding carboxylic acids is 2. The molecule has 2 rings (SSSR count). The van der Waals surface area contributed by atoms with Crippen LogP contribution in [-0.2, 0) is 4.79 Å². The van der Waals surface area contributed by atoms with Crippen molar-refractivity contribution in [3.05, 3.63) is 17.7 Å². The van der Waals surface area contributed by atoms with Crippen molar-refractivity contribution >= 4 is 29.9 Å². The Hall–Kier alpha value is -1.99. The van der Waals surface area contributed by atoms with Crippen molar-refractivity contribution in [2.75, 3.05) is 39.2 Å². The topological polar surface area (TPSA) is 93.9 Å². The quantitative estimate of drug-likeness (QED) is 0.835. The number of nitrogens with two attached hydrogens (primary N) is 1. The van der Waals surface area contributed by atoms with Crippen molar-refractivity contribution in [3.63, 3.8) is 0 Å². The average Bonchev–Trinajstić information content (AvgIpc) is 2.61. The van der Waals surface area contributed by atoms with Gasteiger partial charge < -0.3 is 25.4 Å². The fraction of sp³-hybridized carbons (Fsp3) is 0.500. The number of halogens is 1. The lowest BCUT2D eigenvalue weighted by Crippen LogP contribution is -2.36. The van der Waals surface area contributed by atoms with Gasteiger partial charge in [0.05, 0.1) is 32.0 Å². The lowest BCUT2D eigenvalue weighted by atomic mass is 10.1. The Kier molecular flexibility index (Phi) is 7.81. The largest absolute Gasteiger partial charge is 0.493 e. The Morgan fingerprint density at radius 1 is 1.12 bits per heavy atom. The van der Waals surface area contributed by atoms with Gasteiger partial charge in [-0.05, 0) is 25.3 Å². The number of likely N-dealkylation sites (tertiary alicyclic amines) is 1. The van der Waals surface area contributed by atoms with Crippen LogP contribution in [-0.4, -0.2) is 50.6 Å². The molecule has 0 unspecified atom stereocenters. The van der Waals surface area contributed by atoms with Crippen molar-refractivity contribution in [1.82, 2.24) is 4.90 Å². The first-order valence-corrected chi connectivity index (χ1v) is 7.66. The molecule has 3 N–H and O–H groups in total. The van der Waals surface area contributed by atoms with E-state index in [0.717, 1.165) is 32.4 Å². The summed E-state index contributed by atoms with van der Waals surface area (Å²) < 4.78 is 10.5. The summed E-state index contributed by atoms with van der Waals surface area (Å²) in [5.74, 6) is 0.386. The number of carbonyl (C=O) groups is 2. The number of hydrogen-bond acceptors (Lipinski definition) is 5. The number of piperidine rings is 1. The molecule has 134 valence electrons. The molecule has 1 fully saturated rings. The van der Waals surface area contributed by atoms with Crippen molar-refractivity contribution in [2.24, 2.45) is 5.73 Å². The maximum Gasteiger partial charge on any atom is 0.256 e. The summed E-state index contributed by atoms with van der Waals surface area (Å²) >= 11 is 0. The predicted octanol–water partition coefficient (Wildman–Crippen LogP) is 1.65. The number of benzene rings is 1. The smallest absolute Gasteiger partial charge is 0.256 e. The maximum absolute atomic E-state index is 12.8. The SMILES string of the molecule is COc1cc(NC(=O)CN)c(C(=O)N2CCCCC2)cc1OC.Cl. The van der Waals surface area contributed by atoms with Crippen molar-refractivity contribution in [1.29, 1.82) is 0 Å². The van der Waals surface area contributed by atoms with E-state index in [-0.39, 0.29) is 30.8 Å². The molecule has 1 aromatic rings. The number of ether oxygens (including phenoxy) is 2. The van der Waals surface area contributed by atoms with Gasteiger partial charge >= 0.3 is 0 Å². The van der Waals surface area contributed by atoms with Gasteiger partial charge in [0.2, 0.25) is 5.91 Å². The maximum atomic E-state index is 12.8. The van der Waals surface area contributed by atoms with Gasteiger partial charge in [-0.3, -0.25) is 9.59 Å². The summed E-state index contributed by atoms with van der Waals surface area (Å²) in [4.78, 5) is 26.3. The standard InChI is InChI=1S/C16H23N3O4.ClH/c1-22-13-8-11(16(21)19-6-4-3-5-7-19)12(9-14(13)23-2)18-15(20)10-17;/h8-9H,3-7,10,17H2,1-2H3,(H,18,20);1H. The fourth-order valence-corrected chi connectivity index (χ4v) is 2.63. The van der Waals surface area contributed by atoms with E-state index in [1.54, 1.807) is 17.0 Å². The molecule has 0 aliphatic carbocycles. The molecular weight excluding hydrogens is 334 g/mol. The molecule has 7 nitrogen and oxygen atoms in total. The van der Waals surface area contributed by atoms with Crippen LogP contribution >= 0.6 is 12.4 Å². The van der Waals surface area contributed by atoms with Crippen LogP contribution in [0.5, 0.6) is 11.5 Å². The molecule has 1 heterocycles. The summed E-state index contributed by atoms with van der Waals surface area (Å²) in [5, 5.41) is 2.66. The molecule has 0 atom stereocenters. The molecule has 0 aromatic heterocycles. The van der Waals surface area contributed by atoms with Crippen molar-refractivity contribution in [3.8, 4) is 11.5 Å². The zero-order valence-electron chi connectivity index (χ0n) is 14.0. The van der Waals surface area contributed by atoms with E-state index in [9.17, 15) is 9.59 Å². The zero-order valence-corrected chi connectivity index (χ0v) is 14.8. The van der Waals surface area contributed by atoms with Crippen LogP contribution in [0.3, 0.4) is 0 Å². The molecule has 8 heteroatoms. The molecule has 1 aromatic carbocycles. The minimum Gasteiger partial charge on any atom is -0.493 e. The molecule has 0 bridgehead atoms. The van der Waals surface area contributed by atoms with E-state index in [2.05, 4.69) is 5.32 Å². The second-order valence-corrected chi connectivity index (χ2v) is 5.36. The number of methoxy groups -OCH3 is 2. The molecule has 0 saturated carbocycles. The summed E-state index contributed by atoms with van der Waals surface area (Å²) in [5.41, 5.74) is 6.12. The Bertz CT molecular complexity index is 589. The number of rotatable bonds is 5. The number of hydrogen-bond donors (Lipinski definition) is 2. The Morgan fingerprint density at radius 3 is 2.25 bits per heavy atom. The highest BCUT2D eigenvalue weighted by Crippen LogP contribution is 2.34. The third kappa shape index (κ3) is 4.52. The van der Waals surface area contributed by atoms with Gasteiger partial charge in [-0.1, -0.05) is 0 Å². The highest BCUT2D eigenvalue weighted by atomic mass is 35.5. The first kappa shape index (κ1) is 20.1. The normalized spacial score (nSPS) is 13.7. The first-order chi connectivity index (χ1) is 11.1. The summed E-state index contributed by atoms with van der Waals surface area (Å²) in [6, 6.07) is 3.19. The van der Waals surface area contributed by atoms with Crippen LogP contribution in [0.15, 0.2) is 12.1 Å². The minimum atomic E-state index is -0.370. The highest BCUT2D eigenvalue weighted by molar-refractivity contribution is 6.05. The van der Waals surface area contributed by atoms with Crippen LogP contribution < -0.4 is 20.5 Å². The van der Waals surface area contributed by atoms with E-state index in [1.165, 1.54) is 14.2 Å². The lowest BCUT2D eigenvalue weighted by molar-refractivity contribution is -0.114. The Labute approximate surface area is 147 Å². The number of nitrogens with one attached hydrogen (secondary N) is 1. The van der Waals surface area contributed by atoms with E-state index < -0.39 is 0 Å². The second-order valence-electron chi connectivity index (χ2n) is 5.36. The summed E-state index contributed by atoms with van der Waals surface area (Å²) in [6.45, 7) is 1.28. The van der Waals surface area contributed by atoms with E-state index in [4.69, 9.17) is 15.2 Å². The molecule has 24 heavy (non-hydrogen) atoms. The lowest BCUT2D eigenvalue weighted by Gasteiger charge is -2.28. The van der Waals surface area contributed by atoms with Gasteiger partial charge in [-0.25, -0.2) is 0 Å². The molecule has 0 radical (unpaired) electrons. The Balaban J connectivity index is 0.00000288. The van der Waals surface area contributed by atoms with Gasteiger partial charge in [-0.15, -0.1) is 12.4 Å². The summed E-state index contributed by atoms with van der Waals surface area (Å²) in [6.07, 6.45) is 3.11. The highest BCUT2D eigenvalue weighted by Gasteiger charge is 2.23. The van der Waals surface area contributed by atoms with Gasteiger partial charge in [-0.2, -0.15) is 0 Å². The molecule has 1 aliphatic heterocycles. The minimum absolute atomic E-state index is 0. The third-order valence-corrected chi connectivity index (χ3v) is 3.86. The zero-order chi connectivity index (χ0) is 16.8. The average molecular weight is 358 g/mol. The molecule has 1 aliphatic rings. The first-order valence-electron chi connectivity index (χ1n) is 7.66. The van der Waals surface area contributed by atoms with E-state index in [0.29, 0.717) is 22.7 Å². The predicted molar refractivity (Wildman–Crippen MR) is 94.2 cm³/mol. The number of amides is 2. The second kappa shape index (κ2) is 9.34. The van der Waals surface area contributed by atoms with Crippen LogP contribution in [0.25, 0.3) is 0 Å². The van der Waals surface area contributed by atoms with Crippen LogP contribution in [0.1, 0.15) is 29.6 Å². The third-order valence-electron chi connectivity index (χ3n) is 3.86. The summed E-state index contributed by atoms with van der Waals surface area (Å²) in [7, 11) is 3.00. The molecule has 0 spiro atoms. The van der Waals surface area contributed by atoms with Crippen LogP contribution in [0.2, 0.25) is 0 Å². The fourth-order valence-electron chi connectivity index (χ4n) is 2.63. The van der Waals surface area contributed by atoms with Gasteiger partial charge in [0, 0.05) is 19.2 Å². The van der Waals surface area contributed by atoms with Crippen LogP contribution in [0, 0.1) is 0 Å². The van der Waals surface area contributed by atoms with Gasteiger partial charge in [0.15, 0.2) is 11.5 Å². The molecule has 1 saturated heterocycles. The van der Waals surface area contributed by atoms with E-state index in [1.807, 2.05) is 0 Å². The Morgan fingerprint density at radius 2 is 1.71 bits per heavy atom. The van der Waals surface area contributed by atoms with Gasteiger partial charge in [0.1, 0.15) is 0 Å².